The topological polar surface area (TPSA) is 50.5 Å². The van der Waals surface area contributed by atoms with E-state index in [0.29, 0.717) is 47.4 Å². The van der Waals surface area contributed by atoms with E-state index in [-0.39, 0.29) is 11.9 Å². The van der Waals surface area contributed by atoms with Gasteiger partial charge in [0.25, 0.3) is 0 Å². The molecule has 0 unspecified atom stereocenters. The average molecular weight is 470 g/mol. The first-order valence-electron chi connectivity index (χ1n) is 10.3. The Kier molecular flexibility index (Phi) is 6.98. The summed E-state index contributed by atoms with van der Waals surface area (Å²) < 4.78 is 13.2. The van der Waals surface area contributed by atoms with Crippen LogP contribution >= 0.6 is 23.2 Å². The van der Waals surface area contributed by atoms with Crippen LogP contribution in [-0.2, 0) is 0 Å². The second kappa shape index (κ2) is 9.89. The van der Waals surface area contributed by atoms with Crippen molar-refractivity contribution in [3.8, 4) is 6.07 Å². The number of nitrogens with zero attached hydrogens (tertiary/aromatic N) is 3. The van der Waals surface area contributed by atoms with E-state index in [1.165, 1.54) is 12.1 Å². The summed E-state index contributed by atoms with van der Waals surface area (Å²) in [6, 6.07) is 21.2. The number of hydrogen-bond acceptors (Lipinski definition) is 4. The molecule has 0 aliphatic carbocycles. The summed E-state index contributed by atoms with van der Waals surface area (Å²) in [6.07, 6.45) is -0.724. The Morgan fingerprint density at radius 1 is 1.00 bits per heavy atom. The first-order valence-corrected chi connectivity index (χ1v) is 11.1. The second-order valence-electron chi connectivity index (χ2n) is 7.86. The number of anilines is 1. The summed E-state index contributed by atoms with van der Waals surface area (Å²) in [6.45, 7) is 2.44. The van der Waals surface area contributed by atoms with Gasteiger partial charge in [-0.25, -0.2) is 4.39 Å². The lowest BCUT2D eigenvalue weighted by atomic mass is 9.99. The van der Waals surface area contributed by atoms with Gasteiger partial charge in [0.2, 0.25) is 0 Å². The van der Waals surface area contributed by atoms with Crippen LogP contribution < -0.4 is 4.90 Å². The summed E-state index contributed by atoms with van der Waals surface area (Å²) in [4.78, 5) is 4.39. The average Bonchev–Trinajstić information content (AvgIpc) is 2.80. The molecule has 1 saturated heterocycles. The smallest absolute Gasteiger partial charge is 0.123 e. The van der Waals surface area contributed by atoms with E-state index in [4.69, 9.17) is 23.2 Å². The van der Waals surface area contributed by atoms with Crippen molar-refractivity contribution in [1.29, 1.82) is 5.26 Å². The Balaban J connectivity index is 1.60. The van der Waals surface area contributed by atoms with Gasteiger partial charge in [0.15, 0.2) is 0 Å². The lowest BCUT2D eigenvalue weighted by Crippen LogP contribution is -2.49. The van der Waals surface area contributed by atoms with Gasteiger partial charge in [-0.2, -0.15) is 5.26 Å². The predicted octanol–water partition coefficient (Wildman–Crippen LogP) is 5.60. The third kappa shape index (κ3) is 5.06. The number of halogens is 3. The monoisotopic (exact) mass is 469 g/mol. The molecule has 7 heteroatoms. The standard InChI is InChI=1S/C25H22Cl2FN3O/c26-20-5-1-17(2-6-20)24-15-30(16-25(32)18-3-8-22(28)9-4-18)11-12-31(24)23-10-7-21(27)13-19(23)14-29/h1-10,13,24-25,32H,11-12,15-16H2/t24-,25+/m0/s1. The van der Waals surface area contributed by atoms with E-state index < -0.39 is 6.10 Å². The Morgan fingerprint density at radius 3 is 2.38 bits per heavy atom. The molecule has 0 saturated carbocycles. The molecule has 1 aliphatic heterocycles. The molecule has 4 rings (SSSR count). The van der Waals surface area contributed by atoms with Crippen molar-refractivity contribution < 1.29 is 9.50 Å². The molecule has 1 heterocycles. The molecule has 1 aliphatic rings. The van der Waals surface area contributed by atoms with E-state index >= 15 is 0 Å². The molecule has 1 fully saturated rings. The van der Waals surface area contributed by atoms with Crippen LogP contribution in [0.3, 0.4) is 0 Å². The first-order chi connectivity index (χ1) is 15.4. The van der Waals surface area contributed by atoms with Crippen molar-refractivity contribution in [2.24, 2.45) is 0 Å². The molecular weight excluding hydrogens is 448 g/mol. The Labute approximate surface area is 197 Å². The summed E-state index contributed by atoms with van der Waals surface area (Å²) in [5.74, 6) is -0.325. The van der Waals surface area contributed by atoms with E-state index in [1.807, 2.05) is 30.3 Å². The Morgan fingerprint density at radius 2 is 1.69 bits per heavy atom. The molecule has 0 bridgehead atoms. The molecule has 3 aromatic carbocycles. The van der Waals surface area contributed by atoms with Crippen molar-refractivity contribution >= 4 is 28.9 Å². The molecule has 0 amide bonds. The zero-order valence-corrected chi connectivity index (χ0v) is 18.8. The summed E-state index contributed by atoms with van der Waals surface area (Å²) >= 11 is 12.2. The van der Waals surface area contributed by atoms with Crippen LogP contribution in [0.15, 0.2) is 66.7 Å². The molecule has 0 radical (unpaired) electrons. The number of hydrogen-bond donors (Lipinski definition) is 1. The highest BCUT2D eigenvalue weighted by molar-refractivity contribution is 6.31. The third-order valence-electron chi connectivity index (χ3n) is 5.79. The minimum atomic E-state index is -0.724. The van der Waals surface area contributed by atoms with Crippen LogP contribution in [0.25, 0.3) is 0 Å². The molecule has 164 valence electrons. The van der Waals surface area contributed by atoms with Gasteiger partial charge in [0.1, 0.15) is 11.9 Å². The predicted molar refractivity (Wildman–Crippen MR) is 126 cm³/mol. The van der Waals surface area contributed by atoms with Gasteiger partial charge in [-0.05, 0) is 53.6 Å². The van der Waals surface area contributed by atoms with Crippen molar-refractivity contribution in [3.05, 3.63) is 99.3 Å². The number of rotatable bonds is 5. The van der Waals surface area contributed by atoms with Crippen LogP contribution in [0.2, 0.25) is 10.0 Å². The maximum atomic E-state index is 13.2. The fourth-order valence-electron chi connectivity index (χ4n) is 4.15. The van der Waals surface area contributed by atoms with E-state index in [0.717, 1.165) is 11.3 Å². The van der Waals surface area contributed by atoms with Crippen molar-refractivity contribution in [1.82, 2.24) is 4.90 Å². The van der Waals surface area contributed by atoms with Gasteiger partial charge in [0, 0.05) is 36.2 Å². The van der Waals surface area contributed by atoms with Crippen LogP contribution in [-0.4, -0.2) is 36.2 Å². The number of benzene rings is 3. The Hall–Kier alpha value is -2.62. The molecule has 2 atom stereocenters. The first kappa shape index (κ1) is 22.6. The zero-order chi connectivity index (χ0) is 22.7. The lowest BCUT2D eigenvalue weighted by molar-refractivity contribution is 0.100. The fourth-order valence-corrected chi connectivity index (χ4v) is 4.45. The highest BCUT2D eigenvalue weighted by atomic mass is 35.5. The number of aliphatic hydroxyl groups excluding tert-OH is 1. The normalized spacial score (nSPS) is 17.7. The van der Waals surface area contributed by atoms with Crippen molar-refractivity contribution in [3.63, 3.8) is 0 Å². The summed E-state index contributed by atoms with van der Waals surface area (Å²) in [7, 11) is 0. The minimum absolute atomic E-state index is 0.0466. The zero-order valence-electron chi connectivity index (χ0n) is 17.3. The lowest BCUT2D eigenvalue weighted by Gasteiger charge is -2.44. The highest BCUT2D eigenvalue weighted by Crippen LogP contribution is 2.35. The summed E-state index contributed by atoms with van der Waals surface area (Å²) in [5, 5.41) is 21.5. The second-order valence-corrected chi connectivity index (χ2v) is 8.73. The van der Waals surface area contributed by atoms with E-state index in [1.54, 1.807) is 24.3 Å². The molecule has 32 heavy (non-hydrogen) atoms. The minimum Gasteiger partial charge on any atom is -0.387 e. The van der Waals surface area contributed by atoms with Gasteiger partial charge >= 0.3 is 0 Å². The maximum absolute atomic E-state index is 13.2. The molecule has 3 aromatic rings. The van der Waals surface area contributed by atoms with Gasteiger partial charge in [-0.3, -0.25) is 4.90 Å². The number of piperazine rings is 1. The van der Waals surface area contributed by atoms with Crippen LogP contribution in [0.1, 0.15) is 28.8 Å². The van der Waals surface area contributed by atoms with Gasteiger partial charge in [-0.1, -0.05) is 47.5 Å². The maximum Gasteiger partial charge on any atom is 0.123 e. The van der Waals surface area contributed by atoms with Crippen molar-refractivity contribution in [2.45, 2.75) is 12.1 Å². The largest absolute Gasteiger partial charge is 0.387 e. The van der Waals surface area contributed by atoms with Crippen molar-refractivity contribution in [2.75, 3.05) is 31.1 Å². The van der Waals surface area contributed by atoms with Crippen LogP contribution in [0, 0.1) is 17.1 Å². The quantitative estimate of drug-likeness (QED) is 0.528. The van der Waals surface area contributed by atoms with Gasteiger partial charge < -0.3 is 10.0 Å². The van der Waals surface area contributed by atoms with E-state index in [2.05, 4.69) is 15.9 Å². The van der Waals surface area contributed by atoms with Gasteiger partial charge in [0.05, 0.1) is 23.4 Å². The molecule has 0 spiro atoms. The molecular formula is C25H22Cl2FN3O. The third-order valence-corrected chi connectivity index (χ3v) is 6.28. The van der Waals surface area contributed by atoms with Crippen LogP contribution in [0.5, 0.6) is 0 Å². The number of aliphatic hydroxyl groups is 1. The molecule has 1 N–H and O–H groups in total. The fraction of sp³-hybridized carbons (Fsp3) is 0.240. The van der Waals surface area contributed by atoms with Crippen LogP contribution in [0.4, 0.5) is 10.1 Å². The number of nitriles is 1. The SMILES string of the molecule is N#Cc1cc(Cl)ccc1N1CCN(C[C@@H](O)c2ccc(F)cc2)C[C@H]1c1ccc(Cl)cc1. The van der Waals surface area contributed by atoms with Gasteiger partial charge in [-0.15, -0.1) is 0 Å². The molecule has 4 nitrogen and oxygen atoms in total. The summed E-state index contributed by atoms with van der Waals surface area (Å²) in [5.41, 5.74) is 3.10. The molecule has 0 aromatic heterocycles. The Bertz CT molecular complexity index is 1120. The van der Waals surface area contributed by atoms with E-state index in [9.17, 15) is 14.8 Å². The highest BCUT2D eigenvalue weighted by Gasteiger charge is 2.31. The number of β-amino-alcohol motifs (C(OH)–C–C–N with tert-alkyl or cyclic N) is 1.